The molecule has 0 aliphatic rings. The third-order valence-corrected chi connectivity index (χ3v) is 2.10. The van der Waals surface area contributed by atoms with Crippen molar-refractivity contribution in [2.45, 2.75) is 0 Å². The largest absolute Gasteiger partial charge is 0.288 e. The number of hydrogen-bond acceptors (Lipinski definition) is 2. The average molecular weight is 250 g/mol. The zero-order valence-corrected chi connectivity index (χ0v) is 8.19. The first-order valence-corrected chi connectivity index (χ1v) is 4.21. The van der Waals surface area contributed by atoms with Crippen molar-refractivity contribution in [2.24, 2.45) is 0 Å². The van der Waals surface area contributed by atoms with Crippen LogP contribution >= 0.6 is 27.5 Å². The molecule has 1 rings (SSSR count). The maximum Gasteiger partial charge on any atom is 0.276 e. The van der Waals surface area contributed by atoms with Crippen molar-refractivity contribution < 1.29 is 10.0 Å². The first-order chi connectivity index (χ1) is 5.65. The Kier molecular flexibility index (Phi) is 3.08. The van der Waals surface area contributed by atoms with Crippen LogP contribution in [0.15, 0.2) is 22.7 Å². The predicted octanol–water partition coefficient (Wildman–Crippen LogP) is 2.22. The maximum atomic E-state index is 10.9. The molecule has 64 valence electrons. The van der Waals surface area contributed by atoms with Crippen molar-refractivity contribution in [3.63, 3.8) is 0 Å². The van der Waals surface area contributed by atoms with Gasteiger partial charge in [-0.05, 0) is 18.2 Å². The van der Waals surface area contributed by atoms with Gasteiger partial charge in [0.25, 0.3) is 5.91 Å². The number of carbonyl (C=O) groups excluding carboxylic acids is 1. The van der Waals surface area contributed by atoms with Crippen molar-refractivity contribution in [1.29, 1.82) is 0 Å². The second kappa shape index (κ2) is 3.89. The van der Waals surface area contributed by atoms with Crippen molar-refractivity contribution in [3.05, 3.63) is 33.3 Å². The third kappa shape index (κ3) is 1.97. The van der Waals surface area contributed by atoms with Gasteiger partial charge in [-0.3, -0.25) is 10.0 Å². The van der Waals surface area contributed by atoms with Crippen LogP contribution in [0.3, 0.4) is 0 Å². The van der Waals surface area contributed by atoms with Crippen LogP contribution in [0.4, 0.5) is 0 Å². The fourth-order valence-corrected chi connectivity index (χ4v) is 1.30. The molecule has 0 saturated carbocycles. The molecular weight excluding hydrogens is 245 g/mol. The highest BCUT2D eigenvalue weighted by Gasteiger charge is 2.08. The molecule has 0 spiro atoms. The summed E-state index contributed by atoms with van der Waals surface area (Å²) in [6.45, 7) is 0. The van der Waals surface area contributed by atoms with Gasteiger partial charge in [0.15, 0.2) is 0 Å². The van der Waals surface area contributed by atoms with Crippen LogP contribution in [-0.2, 0) is 0 Å². The second-order valence-corrected chi connectivity index (χ2v) is 3.39. The van der Waals surface area contributed by atoms with E-state index >= 15 is 0 Å². The molecule has 1 aromatic carbocycles. The molecule has 0 aromatic heterocycles. The summed E-state index contributed by atoms with van der Waals surface area (Å²) in [5, 5.41) is 8.63. The van der Waals surface area contributed by atoms with Gasteiger partial charge in [0.2, 0.25) is 0 Å². The van der Waals surface area contributed by atoms with E-state index in [2.05, 4.69) is 15.9 Å². The quantitative estimate of drug-likeness (QED) is 0.593. The maximum absolute atomic E-state index is 10.9. The van der Waals surface area contributed by atoms with E-state index in [1.54, 1.807) is 12.1 Å². The summed E-state index contributed by atoms with van der Waals surface area (Å²) in [6.07, 6.45) is 0. The van der Waals surface area contributed by atoms with Crippen LogP contribution < -0.4 is 5.48 Å². The van der Waals surface area contributed by atoms with Crippen molar-refractivity contribution in [3.8, 4) is 0 Å². The van der Waals surface area contributed by atoms with E-state index in [1.165, 1.54) is 11.5 Å². The van der Waals surface area contributed by atoms with Crippen LogP contribution in [-0.4, -0.2) is 11.1 Å². The molecule has 1 amide bonds. The molecule has 0 unspecified atom stereocenters. The number of nitrogens with one attached hydrogen (secondary N) is 1. The molecule has 2 N–H and O–H groups in total. The van der Waals surface area contributed by atoms with E-state index in [0.717, 1.165) is 4.47 Å². The van der Waals surface area contributed by atoms with E-state index in [1.807, 2.05) is 0 Å². The highest BCUT2D eigenvalue weighted by molar-refractivity contribution is 9.10. The number of benzene rings is 1. The fourth-order valence-electron chi connectivity index (χ4n) is 0.732. The van der Waals surface area contributed by atoms with Crippen LogP contribution in [0.1, 0.15) is 10.4 Å². The van der Waals surface area contributed by atoms with Gasteiger partial charge in [-0.15, -0.1) is 0 Å². The van der Waals surface area contributed by atoms with E-state index in [0.29, 0.717) is 5.02 Å². The van der Waals surface area contributed by atoms with Crippen LogP contribution in [0, 0.1) is 0 Å². The number of carbonyl (C=O) groups is 1. The van der Waals surface area contributed by atoms with E-state index in [9.17, 15) is 4.79 Å². The predicted molar refractivity (Wildman–Crippen MR) is 48.4 cm³/mol. The minimum atomic E-state index is -0.624. The minimum Gasteiger partial charge on any atom is -0.288 e. The number of amides is 1. The molecule has 0 atom stereocenters. The molecular formula is C7H5BrClNO2. The fraction of sp³-hybridized carbons (Fsp3) is 0. The number of hydrogen-bond donors (Lipinski definition) is 2. The summed E-state index contributed by atoms with van der Waals surface area (Å²) in [5.41, 5.74) is 1.74. The van der Waals surface area contributed by atoms with Gasteiger partial charge >= 0.3 is 0 Å². The molecule has 0 radical (unpaired) electrons. The molecule has 1 aromatic rings. The SMILES string of the molecule is O=C(NO)c1cc(Br)ccc1Cl. The van der Waals surface area contributed by atoms with Gasteiger partial charge in [0, 0.05) is 4.47 Å². The Hall–Kier alpha value is -0.580. The summed E-state index contributed by atoms with van der Waals surface area (Å²) in [7, 11) is 0. The monoisotopic (exact) mass is 249 g/mol. The Morgan fingerprint density at radius 2 is 2.25 bits per heavy atom. The minimum absolute atomic E-state index is 0.230. The normalized spacial score (nSPS) is 9.58. The summed E-state index contributed by atoms with van der Waals surface area (Å²) in [4.78, 5) is 10.9. The molecule has 0 bridgehead atoms. The molecule has 0 aliphatic carbocycles. The molecule has 0 saturated heterocycles. The Balaban J connectivity index is 3.13. The molecule has 0 fully saturated rings. The molecule has 12 heavy (non-hydrogen) atoms. The second-order valence-electron chi connectivity index (χ2n) is 2.07. The highest BCUT2D eigenvalue weighted by Crippen LogP contribution is 2.20. The average Bonchev–Trinajstić information content (AvgIpc) is 2.08. The van der Waals surface area contributed by atoms with Crippen LogP contribution in [0.5, 0.6) is 0 Å². The van der Waals surface area contributed by atoms with E-state index in [4.69, 9.17) is 16.8 Å². The van der Waals surface area contributed by atoms with E-state index < -0.39 is 5.91 Å². The molecule has 5 heteroatoms. The van der Waals surface area contributed by atoms with Gasteiger partial charge in [-0.25, -0.2) is 5.48 Å². The highest BCUT2D eigenvalue weighted by atomic mass is 79.9. The van der Waals surface area contributed by atoms with Gasteiger partial charge in [0.1, 0.15) is 0 Å². The van der Waals surface area contributed by atoms with Gasteiger partial charge in [0.05, 0.1) is 10.6 Å². The van der Waals surface area contributed by atoms with Crippen molar-refractivity contribution in [2.75, 3.05) is 0 Å². The number of rotatable bonds is 1. The summed E-state index contributed by atoms with van der Waals surface area (Å²) < 4.78 is 0.727. The standard InChI is InChI=1S/C7H5BrClNO2/c8-4-1-2-6(9)5(3-4)7(11)10-12/h1-3,12H,(H,10,11). The molecule has 0 heterocycles. The third-order valence-electron chi connectivity index (χ3n) is 1.27. The molecule has 0 aliphatic heterocycles. The zero-order valence-electron chi connectivity index (χ0n) is 5.84. The topological polar surface area (TPSA) is 49.3 Å². The smallest absolute Gasteiger partial charge is 0.276 e. The Morgan fingerprint density at radius 1 is 1.58 bits per heavy atom. The lowest BCUT2D eigenvalue weighted by atomic mass is 10.2. The summed E-state index contributed by atoms with van der Waals surface area (Å²) in [6, 6.07) is 4.79. The van der Waals surface area contributed by atoms with Crippen molar-refractivity contribution in [1.82, 2.24) is 5.48 Å². The van der Waals surface area contributed by atoms with Gasteiger partial charge in [-0.2, -0.15) is 0 Å². The lowest BCUT2D eigenvalue weighted by Crippen LogP contribution is -2.18. The summed E-state index contributed by atoms with van der Waals surface area (Å²) in [5.74, 6) is -0.624. The lowest BCUT2D eigenvalue weighted by molar-refractivity contribution is 0.0706. The molecule has 3 nitrogen and oxygen atoms in total. The van der Waals surface area contributed by atoms with Gasteiger partial charge in [-0.1, -0.05) is 27.5 Å². The number of halogens is 2. The lowest BCUT2D eigenvalue weighted by Gasteiger charge is -2.01. The summed E-state index contributed by atoms with van der Waals surface area (Å²) >= 11 is 8.85. The Bertz CT molecular complexity index is 316. The first-order valence-electron chi connectivity index (χ1n) is 3.04. The zero-order chi connectivity index (χ0) is 9.14. The van der Waals surface area contributed by atoms with Gasteiger partial charge < -0.3 is 0 Å². The van der Waals surface area contributed by atoms with Crippen LogP contribution in [0.25, 0.3) is 0 Å². The Labute approximate surface area is 82.4 Å². The van der Waals surface area contributed by atoms with Crippen LogP contribution in [0.2, 0.25) is 5.02 Å². The van der Waals surface area contributed by atoms with Crippen molar-refractivity contribution >= 4 is 33.4 Å². The number of hydroxylamine groups is 1. The van der Waals surface area contributed by atoms with E-state index in [-0.39, 0.29) is 5.56 Å². The first kappa shape index (κ1) is 9.51. The Morgan fingerprint density at radius 3 is 2.83 bits per heavy atom.